The third kappa shape index (κ3) is 3.97. The Morgan fingerprint density at radius 3 is 2.54 bits per heavy atom. The van der Waals surface area contributed by atoms with E-state index < -0.39 is 0 Å². The minimum absolute atomic E-state index is 0.0789. The lowest BCUT2D eigenvalue weighted by atomic mass is 10.0. The SMILES string of the molecule is CC(=O)Nc1ccc(SNc2ccc(-c3cccnc3)c3cccnc23)cc1. The van der Waals surface area contributed by atoms with Gasteiger partial charge in [-0.1, -0.05) is 18.2 Å². The number of carbonyl (C=O) groups is 1. The Morgan fingerprint density at radius 2 is 1.79 bits per heavy atom. The molecule has 0 spiro atoms. The van der Waals surface area contributed by atoms with Crippen molar-refractivity contribution in [3.8, 4) is 11.1 Å². The lowest BCUT2D eigenvalue weighted by molar-refractivity contribution is -0.114. The smallest absolute Gasteiger partial charge is 0.221 e. The Hall–Kier alpha value is -3.38. The summed E-state index contributed by atoms with van der Waals surface area (Å²) in [6, 6.07) is 19.8. The van der Waals surface area contributed by atoms with Crippen LogP contribution in [0.1, 0.15) is 6.92 Å². The number of benzene rings is 2. The number of nitrogens with zero attached hydrogens (tertiary/aromatic N) is 2. The summed E-state index contributed by atoms with van der Waals surface area (Å²) in [5, 5.41) is 3.84. The van der Waals surface area contributed by atoms with E-state index in [-0.39, 0.29) is 5.91 Å². The minimum atomic E-state index is -0.0789. The van der Waals surface area contributed by atoms with Crippen molar-refractivity contribution in [1.82, 2.24) is 9.97 Å². The van der Waals surface area contributed by atoms with E-state index in [4.69, 9.17) is 0 Å². The normalized spacial score (nSPS) is 10.6. The van der Waals surface area contributed by atoms with Crippen molar-refractivity contribution in [3.05, 3.63) is 79.3 Å². The van der Waals surface area contributed by atoms with Gasteiger partial charge in [-0.15, -0.1) is 0 Å². The number of aromatic nitrogens is 2. The number of hydrogen-bond acceptors (Lipinski definition) is 5. The van der Waals surface area contributed by atoms with E-state index in [2.05, 4.69) is 32.1 Å². The Morgan fingerprint density at radius 1 is 0.964 bits per heavy atom. The maximum atomic E-state index is 11.1. The van der Waals surface area contributed by atoms with E-state index in [1.165, 1.54) is 18.9 Å². The zero-order valence-electron chi connectivity index (χ0n) is 15.2. The summed E-state index contributed by atoms with van der Waals surface area (Å²) in [6.45, 7) is 1.50. The summed E-state index contributed by atoms with van der Waals surface area (Å²) in [4.78, 5) is 21.0. The predicted octanol–water partition coefficient (Wildman–Crippen LogP) is 5.37. The zero-order valence-corrected chi connectivity index (χ0v) is 16.0. The van der Waals surface area contributed by atoms with E-state index in [0.29, 0.717) is 0 Å². The molecule has 0 radical (unpaired) electrons. The topological polar surface area (TPSA) is 66.9 Å². The highest BCUT2D eigenvalue weighted by molar-refractivity contribution is 8.00. The second-order valence-electron chi connectivity index (χ2n) is 6.21. The Kier molecular flexibility index (Phi) is 5.21. The van der Waals surface area contributed by atoms with Crippen LogP contribution in [-0.2, 0) is 4.79 Å². The molecule has 2 aromatic carbocycles. The van der Waals surface area contributed by atoms with Crippen LogP contribution in [0, 0.1) is 0 Å². The maximum Gasteiger partial charge on any atom is 0.221 e. The van der Waals surface area contributed by atoms with Crippen molar-refractivity contribution in [2.24, 2.45) is 0 Å². The van der Waals surface area contributed by atoms with Crippen molar-refractivity contribution in [3.63, 3.8) is 0 Å². The van der Waals surface area contributed by atoms with Crippen LogP contribution in [0.2, 0.25) is 0 Å². The van der Waals surface area contributed by atoms with E-state index >= 15 is 0 Å². The molecule has 0 aliphatic rings. The number of anilines is 2. The highest BCUT2D eigenvalue weighted by Gasteiger charge is 2.09. The van der Waals surface area contributed by atoms with Crippen molar-refractivity contribution in [2.75, 3.05) is 10.0 Å². The fourth-order valence-electron chi connectivity index (χ4n) is 2.95. The number of nitrogens with one attached hydrogen (secondary N) is 2. The van der Waals surface area contributed by atoms with Gasteiger partial charge in [0.2, 0.25) is 5.91 Å². The van der Waals surface area contributed by atoms with Crippen LogP contribution in [0.15, 0.2) is 84.1 Å². The van der Waals surface area contributed by atoms with Gasteiger partial charge in [-0.05, 0) is 60.0 Å². The molecule has 0 atom stereocenters. The van der Waals surface area contributed by atoms with Crippen molar-refractivity contribution in [2.45, 2.75) is 11.8 Å². The predicted molar refractivity (Wildman–Crippen MR) is 115 cm³/mol. The summed E-state index contributed by atoms with van der Waals surface area (Å²) in [7, 11) is 0. The summed E-state index contributed by atoms with van der Waals surface area (Å²) in [6.07, 6.45) is 5.43. The molecule has 0 fully saturated rings. The molecule has 4 rings (SSSR count). The maximum absolute atomic E-state index is 11.1. The average molecular weight is 386 g/mol. The lowest BCUT2D eigenvalue weighted by Gasteiger charge is -2.12. The first kappa shape index (κ1) is 18.0. The van der Waals surface area contributed by atoms with Gasteiger partial charge in [-0.3, -0.25) is 14.8 Å². The molecule has 2 N–H and O–H groups in total. The molecule has 6 heteroatoms. The van der Waals surface area contributed by atoms with E-state index in [1.807, 2.05) is 54.7 Å². The van der Waals surface area contributed by atoms with Gasteiger partial charge in [-0.2, -0.15) is 0 Å². The quantitative estimate of drug-likeness (QED) is 0.451. The molecule has 5 nitrogen and oxygen atoms in total. The van der Waals surface area contributed by atoms with Gasteiger partial charge >= 0.3 is 0 Å². The number of carbonyl (C=O) groups excluding carboxylic acids is 1. The number of hydrogen-bond donors (Lipinski definition) is 2. The molecular formula is C22H18N4OS. The molecule has 0 saturated heterocycles. The fraction of sp³-hybridized carbons (Fsp3) is 0.0455. The zero-order chi connectivity index (χ0) is 19.3. The third-order valence-electron chi connectivity index (χ3n) is 4.20. The molecular weight excluding hydrogens is 368 g/mol. The summed E-state index contributed by atoms with van der Waals surface area (Å²) < 4.78 is 3.39. The largest absolute Gasteiger partial charge is 0.326 e. The molecule has 28 heavy (non-hydrogen) atoms. The first-order valence-corrected chi connectivity index (χ1v) is 9.61. The summed E-state index contributed by atoms with van der Waals surface area (Å²) in [5.74, 6) is -0.0789. The van der Waals surface area contributed by atoms with E-state index in [9.17, 15) is 4.79 Å². The van der Waals surface area contributed by atoms with Crippen LogP contribution in [-0.4, -0.2) is 15.9 Å². The monoisotopic (exact) mass is 386 g/mol. The highest BCUT2D eigenvalue weighted by Crippen LogP contribution is 2.33. The number of rotatable bonds is 5. The summed E-state index contributed by atoms with van der Waals surface area (Å²) in [5.41, 5.74) is 4.80. The molecule has 138 valence electrons. The van der Waals surface area contributed by atoms with Gasteiger partial charge in [0.05, 0.1) is 11.2 Å². The fourth-order valence-corrected chi connectivity index (χ4v) is 3.62. The Balaban J connectivity index is 1.59. The number of fused-ring (bicyclic) bond motifs is 1. The van der Waals surface area contributed by atoms with Crippen LogP contribution in [0.5, 0.6) is 0 Å². The Labute approximate surface area is 167 Å². The first-order valence-electron chi connectivity index (χ1n) is 8.79. The van der Waals surface area contributed by atoms with Crippen LogP contribution < -0.4 is 10.0 Å². The van der Waals surface area contributed by atoms with Crippen LogP contribution in [0.25, 0.3) is 22.0 Å². The number of amides is 1. The van der Waals surface area contributed by atoms with Gasteiger partial charge in [0, 0.05) is 47.0 Å². The van der Waals surface area contributed by atoms with Gasteiger partial charge < -0.3 is 10.0 Å². The summed E-state index contributed by atoms with van der Waals surface area (Å²) >= 11 is 1.50. The van der Waals surface area contributed by atoms with Gasteiger partial charge in [0.15, 0.2) is 0 Å². The molecule has 0 aliphatic heterocycles. The lowest BCUT2D eigenvalue weighted by Crippen LogP contribution is -2.05. The molecule has 4 aromatic rings. The van der Waals surface area contributed by atoms with E-state index in [1.54, 1.807) is 12.4 Å². The standard InChI is InChI=1S/C22H18N4OS/c1-15(27)25-17-6-8-18(9-7-17)28-26-21-11-10-19(16-4-2-12-23-14-16)20-5-3-13-24-22(20)21/h2-14,26H,1H3,(H,25,27). The van der Waals surface area contributed by atoms with Crippen molar-refractivity contribution >= 4 is 40.1 Å². The molecule has 0 aliphatic carbocycles. The molecule has 1 amide bonds. The van der Waals surface area contributed by atoms with Crippen LogP contribution in [0.3, 0.4) is 0 Å². The van der Waals surface area contributed by atoms with Crippen molar-refractivity contribution < 1.29 is 4.79 Å². The third-order valence-corrected chi connectivity index (χ3v) is 5.03. The van der Waals surface area contributed by atoms with E-state index in [0.717, 1.165) is 38.3 Å². The first-order chi connectivity index (χ1) is 13.7. The highest BCUT2D eigenvalue weighted by atomic mass is 32.2. The average Bonchev–Trinajstić information content (AvgIpc) is 2.73. The van der Waals surface area contributed by atoms with Crippen LogP contribution >= 0.6 is 11.9 Å². The molecule has 0 saturated carbocycles. The molecule has 0 unspecified atom stereocenters. The molecule has 2 heterocycles. The second-order valence-corrected chi connectivity index (χ2v) is 7.09. The van der Waals surface area contributed by atoms with Gasteiger partial charge in [-0.25, -0.2) is 0 Å². The van der Waals surface area contributed by atoms with Gasteiger partial charge in [0.1, 0.15) is 0 Å². The molecule has 2 aromatic heterocycles. The van der Waals surface area contributed by atoms with Crippen molar-refractivity contribution in [1.29, 1.82) is 0 Å². The minimum Gasteiger partial charge on any atom is -0.326 e. The second kappa shape index (κ2) is 8.10. The number of pyridine rings is 2. The Bertz CT molecular complexity index is 1110. The van der Waals surface area contributed by atoms with Crippen LogP contribution in [0.4, 0.5) is 11.4 Å². The molecule has 0 bridgehead atoms. The van der Waals surface area contributed by atoms with Gasteiger partial charge in [0.25, 0.3) is 0 Å².